The third-order valence-electron chi connectivity index (χ3n) is 10.3. The first-order chi connectivity index (χ1) is 13.1. The highest BCUT2D eigenvalue weighted by Gasteiger charge is 2.66. The van der Waals surface area contributed by atoms with Crippen molar-refractivity contribution < 1.29 is 20.4 Å². The number of aliphatic hydroxyl groups is 4. The van der Waals surface area contributed by atoms with Crippen LogP contribution in [0.3, 0.4) is 0 Å². The minimum atomic E-state index is -1.28. The molecule has 0 radical (unpaired) electrons. The van der Waals surface area contributed by atoms with Crippen LogP contribution in [0.25, 0.3) is 0 Å². The van der Waals surface area contributed by atoms with E-state index in [-0.39, 0.29) is 22.9 Å². The lowest BCUT2D eigenvalue weighted by Crippen LogP contribution is -2.59. The smallest absolute Gasteiger partial charge is 0.0935 e. The Labute approximate surface area is 170 Å². The van der Waals surface area contributed by atoms with Gasteiger partial charge in [0.25, 0.3) is 0 Å². The van der Waals surface area contributed by atoms with Crippen molar-refractivity contribution in [3.63, 3.8) is 0 Å². The van der Waals surface area contributed by atoms with Gasteiger partial charge in [-0.15, -0.1) is 0 Å². The molecule has 4 saturated carbocycles. The summed E-state index contributed by atoms with van der Waals surface area (Å²) in [6.45, 7) is 8.29. The zero-order valence-electron chi connectivity index (χ0n) is 18.3. The molecule has 0 aromatic carbocycles. The summed E-state index contributed by atoms with van der Waals surface area (Å²) in [5.74, 6) is 1.47. The Bertz CT molecular complexity index is 591. The van der Waals surface area contributed by atoms with E-state index < -0.39 is 17.8 Å². The number of rotatable bonds is 3. The molecule has 0 heterocycles. The molecule has 11 atom stereocenters. The molecule has 4 rings (SSSR count). The van der Waals surface area contributed by atoms with Crippen LogP contribution in [-0.4, -0.2) is 44.3 Å². The monoisotopic (exact) mass is 394 g/mol. The van der Waals surface area contributed by atoms with Crippen LogP contribution in [-0.2, 0) is 0 Å². The normalized spacial score (nSPS) is 54.2. The number of hydrogen-bond donors (Lipinski definition) is 4. The van der Waals surface area contributed by atoms with Crippen LogP contribution in [0.15, 0.2) is 0 Å². The van der Waals surface area contributed by atoms with Gasteiger partial charge < -0.3 is 20.4 Å². The van der Waals surface area contributed by atoms with E-state index in [1.165, 1.54) is 19.3 Å². The van der Waals surface area contributed by atoms with Crippen molar-refractivity contribution >= 4 is 0 Å². The second kappa shape index (κ2) is 6.93. The van der Waals surface area contributed by atoms with Gasteiger partial charge in [0.2, 0.25) is 0 Å². The van der Waals surface area contributed by atoms with Gasteiger partial charge in [0.1, 0.15) is 0 Å². The molecule has 0 bridgehead atoms. The van der Waals surface area contributed by atoms with Crippen molar-refractivity contribution in [2.45, 2.75) is 109 Å². The van der Waals surface area contributed by atoms with E-state index in [1.54, 1.807) is 6.92 Å². The summed E-state index contributed by atoms with van der Waals surface area (Å²) in [6.07, 6.45) is 7.42. The van der Waals surface area contributed by atoms with Gasteiger partial charge in [-0.05, 0) is 86.4 Å². The van der Waals surface area contributed by atoms with Gasteiger partial charge in [-0.1, -0.05) is 33.6 Å². The Balaban J connectivity index is 1.67. The Hall–Kier alpha value is -0.160. The molecule has 4 aliphatic rings. The summed E-state index contributed by atoms with van der Waals surface area (Å²) in [6, 6.07) is 0. The zero-order valence-corrected chi connectivity index (χ0v) is 18.3. The summed E-state index contributed by atoms with van der Waals surface area (Å²) in [5.41, 5.74) is -1.25. The van der Waals surface area contributed by atoms with Gasteiger partial charge in [-0.3, -0.25) is 0 Å². The highest BCUT2D eigenvalue weighted by atomic mass is 16.3. The van der Waals surface area contributed by atoms with E-state index in [1.807, 2.05) is 6.92 Å². The van der Waals surface area contributed by atoms with Crippen LogP contribution >= 0.6 is 0 Å². The summed E-state index contributed by atoms with van der Waals surface area (Å²) < 4.78 is 0. The second-order valence-electron chi connectivity index (χ2n) is 11.5. The molecule has 5 unspecified atom stereocenters. The van der Waals surface area contributed by atoms with Gasteiger partial charge in [0.15, 0.2) is 0 Å². The predicted molar refractivity (Wildman–Crippen MR) is 110 cm³/mol. The third kappa shape index (κ3) is 2.77. The molecular weight excluding hydrogens is 352 g/mol. The minimum absolute atomic E-state index is 0.183. The van der Waals surface area contributed by atoms with E-state index in [2.05, 4.69) is 13.8 Å². The third-order valence-corrected chi connectivity index (χ3v) is 10.3. The Morgan fingerprint density at radius 3 is 2.32 bits per heavy atom. The molecule has 162 valence electrons. The van der Waals surface area contributed by atoms with Gasteiger partial charge >= 0.3 is 0 Å². The largest absolute Gasteiger partial charge is 0.393 e. The standard InChI is InChI=1S/C24H42O4/c1-5-20(27)24(4,28)21-19(26)13-17-14-12-18(25)16-8-6-7-10-22(16,2)15(14)9-11-23(17,21)3/h14-21,25-28H,5-13H2,1-4H3/t14-,15+,16?,17+,18?,19?,20?,21+,22-,23+,24?/m1/s1. The lowest BCUT2D eigenvalue weighted by atomic mass is 9.43. The first-order valence-electron chi connectivity index (χ1n) is 11.8. The fraction of sp³-hybridized carbons (Fsp3) is 1.00. The van der Waals surface area contributed by atoms with Gasteiger partial charge in [0, 0.05) is 5.92 Å². The maximum absolute atomic E-state index is 11.3. The molecule has 28 heavy (non-hydrogen) atoms. The van der Waals surface area contributed by atoms with Crippen LogP contribution in [0.4, 0.5) is 0 Å². The number of fused-ring (bicyclic) bond motifs is 5. The predicted octanol–water partition coefficient (Wildman–Crippen LogP) is 3.50. The molecule has 0 spiro atoms. The number of aliphatic hydroxyl groups excluding tert-OH is 3. The lowest BCUT2D eigenvalue weighted by molar-refractivity contribution is -0.187. The van der Waals surface area contributed by atoms with Crippen LogP contribution < -0.4 is 0 Å². The van der Waals surface area contributed by atoms with Gasteiger partial charge in [-0.25, -0.2) is 0 Å². The van der Waals surface area contributed by atoms with E-state index >= 15 is 0 Å². The summed E-state index contributed by atoms with van der Waals surface area (Å²) in [5, 5.41) is 44.0. The summed E-state index contributed by atoms with van der Waals surface area (Å²) >= 11 is 0. The molecule has 0 saturated heterocycles. The summed E-state index contributed by atoms with van der Waals surface area (Å²) in [7, 11) is 0. The van der Waals surface area contributed by atoms with Crippen molar-refractivity contribution in [1.82, 2.24) is 0 Å². The maximum Gasteiger partial charge on any atom is 0.0935 e. The van der Waals surface area contributed by atoms with Crippen LogP contribution in [0.5, 0.6) is 0 Å². The molecule has 0 amide bonds. The molecule has 4 aliphatic carbocycles. The molecule has 4 fully saturated rings. The Morgan fingerprint density at radius 1 is 0.929 bits per heavy atom. The van der Waals surface area contributed by atoms with E-state index in [9.17, 15) is 20.4 Å². The SMILES string of the molecule is CCC(O)C(C)(O)[C@H]1C(O)C[C@H]2[C@@H]3CC(O)C4CCCC[C@]4(C)[C@H]3CC[C@]12C. The molecule has 0 aromatic heterocycles. The zero-order chi connectivity index (χ0) is 20.5. The first kappa shape index (κ1) is 21.1. The van der Waals surface area contributed by atoms with Crippen molar-refractivity contribution in [3.05, 3.63) is 0 Å². The average Bonchev–Trinajstić information content (AvgIpc) is 2.92. The molecule has 0 aromatic rings. The van der Waals surface area contributed by atoms with Gasteiger partial charge in [0.05, 0.1) is 23.9 Å². The van der Waals surface area contributed by atoms with Crippen LogP contribution in [0.1, 0.15) is 85.5 Å². The highest BCUT2D eigenvalue weighted by Crippen LogP contribution is 2.68. The van der Waals surface area contributed by atoms with E-state index in [0.29, 0.717) is 36.5 Å². The average molecular weight is 395 g/mol. The minimum Gasteiger partial charge on any atom is -0.393 e. The maximum atomic E-state index is 11.3. The fourth-order valence-electron chi connectivity index (χ4n) is 9.05. The van der Waals surface area contributed by atoms with Crippen LogP contribution in [0.2, 0.25) is 0 Å². The van der Waals surface area contributed by atoms with Crippen LogP contribution in [0, 0.1) is 40.4 Å². The first-order valence-corrected chi connectivity index (χ1v) is 11.8. The second-order valence-corrected chi connectivity index (χ2v) is 11.5. The molecule has 4 N–H and O–H groups in total. The summed E-state index contributed by atoms with van der Waals surface area (Å²) in [4.78, 5) is 0. The highest BCUT2D eigenvalue weighted by molar-refractivity contribution is 5.15. The molecular formula is C24H42O4. The molecule has 4 nitrogen and oxygen atoms in total. The van der Waals surface area contributed by atoms with E-state index in [0.717, 1.165) is 25.7 Å². The Kier molecular flexibility index (Phi) is 5.22. The van der Waals surface area contributed by atoms with Crippen molar-refractivity contribution in [2.24, 2.45) is 40.4 Å². The molecule has 4 heteroatoms. The molecule has 0 aliphatic heterocycles. The topological polar surface area (TPSA) is 80.9 Å². The number of hydrogen-bond acceptors (Lipinski definition) is 4. The van der Waals surface area contributed by atoms with E-state index in [4.69, 9.17) is 0 Å². The van der Waals surface area contributed by atoms with Crippen molar-refractivity contribution in [1.29, 1.82) is 0 Å². The fourth-order valence-corrected chi connectivity index (χ4v) is 9.05. The lowest BCUT2D eigenvalue weighted by Gasteiger charge is -2.62. The Morgan fingerprint density at radius 2 is 1.64 bits per heavy atom. The van der Waals surface area contributed by atoms with Crippen molar-refractivity contribution in [3.8, 4) is 0 Å². The van der Waals surface area contributed by atoms with Gasteiger partial charge in [-0.2, -0.15) is 0 Å². The van der Waals surface area contributed by atoms with Crippen molar-refractivity contribution in [2.75, 3.05) is 0 Å². The quantitative estimate of drug-likeness (QED) is 0.591.